The zero-order valence-electron chi connectivity index (χ0n) is 8.38. The third-order valence-electron chi connectivity index (χ3n) is 2.46. The van der Waals surface area contributed by atoms with Crippen molar-refractivity contribution in [2.24, 2.45) is 0 Å². The van der Waals surface area contributed by atoms with Crippen LogP contribution in [0.5, 0.6) is 0 Å². The highest BCUT2D eigenvalue weighted by Gasteiger charge is 2.30. The normalized spacial score (nSPS) is 15.3. The van der Waals surface area contributed by atoms with Crippen molar-refractivity contribution in [1.82, 2.24) is 0 Å². The first-order valence-corrected chi connectivity index (χ1v) is 5.12. The highest BCUT2D eigenvalue weighted by atomic mass is 35.5. The van der Waals surface area contributed by atoms with Gasteiger partial charge in [0.25, 0.3) is 0 Å². The molecule has 1 aromatic rings. The van der Waals surface area contributed by atoms with Crippen LogP contribution >= 0.6 is 11.6 Å². The van der Waals surface area contributed by atoms with E-state index in [9.17, 15) is 13.9 Å². The first kappa shape index (κ1) is 12.4. The van der Waals surface area contributed by atoms with Crippen LogP contribution in [0.15, 0.2) is 24.3 Å². The first-order valence-electron chi connectivity index (χ1n) is 4.74. The zero-order chi connectivity index (χ0) is 11.5. The molecule has 0 fully saturated rings. The number of benzene rings is 1. The second-order valence-electron chi connectivity index (χ2n) is 3.49. The molecule has 0 radical (unpaired) electrons. The number of hydrogen-bond donors (Lipinski definition) is 1. The van der Waals surface area contributed by atoms with Crippen LogP contribution in [0, 0.1) is 0 Å². The first-order chi connectivity index (χ1) is 6.98. The summed E-state index contributed by atoms with van der Waals surface area (Å²) in [4.78, 5) is 0. The average molecular weight is 235 g/mol. The quantitative estimate of drug-likeness (QED) is 0.844. The van der Waals surface area contributed by atoms with Crippen molar-refractivity contribution >= 4 is 11.6 Å². The molecule has 0 saturated carbocycles. The summed E-state index contributed by atoms with van der Waals surface area (Å²) in [7, 11) is 0. The maximum absolute atomic E-state index is 12.3. The Balaban J connectivity index is 2.95. The Labute approximate surface area is 92.7 Å². The number of halogens is 3. The predicted octanol–water partition coefficient (Wildman–Crippen LogP) is 3.59. The SMILES string of the molecule is CCC(O)(CC(F)F)c1ccc(Cl)cc1. The van der Waals surface area contributed by atoms with Crippen LogP contribution in [0.4, 0.5) is 8.78 Å². The minimum absolute atomic E-state index is 0.249. The Hall–Kier alpha value is -0.670. The van der Waals surface area contributed by atoms with E-state index in [1.165, 1.54) is 0 Å². The Morgan fingerprint density at radius 2 is 1.87 bits per heavy atom. The van der Waals surface area contributed by atoms with E-state index in [1.807, 2.05) is 0 Å². The van der Waals surface area contributed by atoms with Crippen LogP contribution < -0.4 is 0 Å². The number of aliphatic hydroxyl groups is 1. The minimum atomic E-state index is -2.52. The lowest BCUT2D eigenvalue weighted by molar-refractivity contribution is -0.0295. The van der Waals surface area contributed by atoms with E-state index in [0.717, 1.165) is 0 Å². The van der Waals surface area contributed by atoms with E-state index in [2.05, 4.69) is 0 Å². The van der Waals surface area contributed by atoms with Gasteiger partial charge in [0, 0.05) is 11.4 Å². The number of hydrogen-bond acceptors (Lipinski definition) is 1. The fraction of sp³-hybridized carbons (Fsp3) is 0.455. The lowest BCUT2D eigenvalue weighted by Crippen LogP contribution is -2.27. The van der Waals surface area contributed by atoms with Gasteiger partial charge in [-0.3, -0.25) is 0 Å². The predicted molar refractivity (Wildman–Crippen MR) is 56.3 cm³/mol. The minimum Gasteiger partial charge on any atom is -0.385 e. The average Bonchev–Trinajstić information content (AvgIpc) is 2.17. The van der Waals surface area contributed by atoms with Crippen LogP contribution in [-0.4, -0.2) is 11.5 Å². The number of alkyl halides is 2. The number of rotatable bonds is 4. The molecule has 1 N–H and O–H groups in total. The van der Waals surface area contributed by atoms with Gasteiger partial charge in [-0.1, -0.05) is 30.7 Å². The molecule has 0 aliphatic rings. The van der Waals surface area contributed by atoms with Crippen LogP contribution in [0.3, 0.4) is 0 Å². The molecule has 0 aliphatic carbocycles. The summed E-state index contributed by atoms with van der Waals surface area (Å²) in [5.41, 5.74) is -0.978. The maximum Gasteiger partial charge on any atom is 0.241 e. The molecule has 0 spiro atoms. The van der Waals surface area contributed by atoms with Crippen LogP contribution in [-0.2, 0) is 5.60 Å². The smallest absolute Gasteiger partial charge is 0.241 e. The van der Waals surface area contributed by atoms with Crippen molar-refractivity contribution in [3.8, 4) is 0 Å². The van der Waals surface area contributed by atoms with Gasteiger partial charge in [0.15, 0.2) is 0 Å². The second-order valence-corrected chi connectivity index (χ2v) is 3.92. The Morgan fingerprint density at radius 3 is 2.27 bits per heavy atom. The van der Waals surface area contributed by atoms with Gasteiger partial charge in [-0.15, -0.1) is 0 Å². The van der Waals surface area contributed by atoms with Crippen LogP contribution in [0.1, 0.15) is 25.3 Å². The van der Waals surface area contributed by atoms with Crippen molar-refractivity contribution in [2.75, 3.05) is 0 Å². The Bertz CT molecular complexity index is 313. The lowest BCUT2D eigenvalue weighted by atomic mass is 9.88. The van der Waals surface area contributed by atoms with Gasteiger partial charge in [-0.2, -0.15) is 0 Å². The van der Waals surface area contributed by atoms with E-state index in [1.54, 1.807) is 31.2 Å². The molecule has 15 heavy (non-hydrogen) atoms. The maximum atomic E-state index is 12.3. The molecule has 0 bridgehead atoms. The van der Waals surface area contributed by atoms with E-state index in [-0.39, 0.29) is 6.42 Å². The topological polar surface area (TPSA) is 20.2 Å². The molecule has 0 amide bonds. The molecule has 4 heteroatoms. The van der Waals surface area contributed by atoms with Crippen molar-refractivity contribution < 1.29 is 13.9 Å². The molecular formula is C11H13ClF2O. The summed E-state index contributed by atoms with van der Waals surface area (Å²) in [6.07, 6.45) is -2.82. The molecule has 0 saturated heterocycles. The van der Waals surface area contributed by atoms with E-state index < -0.39 is 18.4 Å². The molecule has 0 heterocycles. The molecule has 1 nitrogen and oxygen atoms in total. The van der Waals surface area contributed by atoms with Gasteiger partial charge in [0.2, 0.25) is 6.43 Å². The molecule has 1 rings (SSSR count). The molecule has 1 aromatic carbocycles. The summed E-state index contributed by atoms with van der Waals surface area (Å²) < 4.78 is 24.6. The lowest BCUT2D eigenvalue weighted by Gasteiger charge is -2.27. The van der Waals surface area contributed by atoms with Crippen molar-refractivity contribution in [3.63, 3.8) is 0 Å². The van der Waals surface area contributed by atoms with Gasteiger partial charge >= 0.3 is 0 Å². The van der Waals surface area contributed by atoms with E-state index in [4.69, 9.17) is 11.6 Å². The molecular weight excluding hydrogens is 222 g/mol. The standard InChI is InChI=1S/C11H13ClF2O/c1-2-11(15,7-10(13)14)8-3-5-9(12)6-4-8/h3-6,10,15H,2,7H2,1H3. The monoisotopic (exact) mass is 234 g/mol. The summed E-state index contributed by atoms with van der Waals surface area (Å²) in [5, 5.41) is 10.6. The fourth-order valence-corrected chi connectivity index (χ4v) is 1.61. The second kappa shape index (κ2) is 4.90. The summed E-state index contributed by atoms with van der Waals surface area (Å²) in [6, 6.07) is 6.33. The van der Waals surface area contributed by atoms with Crippen molar-refractivity contribution in [1.29, 1.82) is 0 Å². The van der Waals surface area contributed by atoms with Gasteiger partial charge in [0.1, 0.15) is 0 Å². The van der Waals surface area contributed by atoms with Crippen LogP contribution in [0.2, 0.25) is 5.02 Å². The fourth-order valence-electron chi connectivity index (χ4n) is 1.48. The van der Waals surface area contributed by atoms with E-state index in [0.29, 0.717) is 10.6 Å². The molecule has 0 aliphatic heterocycles. The Kier molecular flexibility index (Phi) is 4.05. The molecule has 0 aromatic heterocycles. The van der Waals surface area contributed by atoms with Gasteiger partial charge in [-0.25, -0.2) is 8.78 Å². The highest BCUT2D eigenvalue weighted by Crippen LogP contribution is 2.31. The van der Waals surface area contributed by atoms with Crippen LogP contribution in [0.25, 0.3) is 0 Å². The zero-order valence-corrected chi connectivity index (χ0v) is 9.14. The van der Waals surface area contributed by atoms with Crippen molar-refractivity contribution in [2.45, 2.75) is 31.8 Å². The summed E-state index contributed by atoms with van der Waals surface area (Å²) >= 11 is 5.68. The third kappa shape index (κ3) is 3.14. The Morgan fingerprint density at radius 1 is 1.33 bits per heavy atom. The summed E-state index contributed by atoms with van der Waals surface area (Å²) in [5.74, 6) is 0. The van der Waals surface area contributed by atoms with E-state index >= 15 is 0 Å². The third-order valence-corrected chi connectivity index (χ3v) is 2.71. The summed E-state index contributed by atoms with van der Waals surface area (Å²) in [6.45, 7) is 1.68. The molecule has 1 unspecified atom stereocenters. The van der Waals surface area contributed by atoms with Gasteiger partial charge in [0.05, 0.1) is 5.60 Å². The van der Waals surface area contributed by atoms with Gasteiger partial charge < -0.3 is 5.11 Å². The molecule has 84 valence electrons. The highest BCUT2D eigenvalue weighted by molar-refractivity contribution is 6.30. The molecule has 1 atom stereocenters. The largest absolute Gasteiger partial charge is 0.385 e. The van der Waals surface area contributed by atoms with Gasteiger partial charge in [-0.05, 0) is 24.1 Å². The van der Waals surface area contributed by atoms with Crippen molar-refractivity contribution in [3.05, 3.63) is 34.9 Å².